The molecule has 0 saturated carbocycles. The van der Waals surface area contributed by atoms with E-state index in [2.05, 4.69) is 15.3 Å². The summed E-state index contributed by atoms with van der Waals surface area (Å²) in [7, 11) is 0. The first-order valence-corrected chi connectivity index (χ1v) is 6.46. The maximum atomic E-state index is 10.1. The Labute approximate surface area is 117 Å². The van der Waals surface area contributed by atoms with Gasteiger partial charge in [0, 0.05) is 23.9 Å². The van der Waals surface area contributed by atoms with Gasteiger partial charge in [-0.1, -0.05) is 30.3 Å². The lowest BCUT2D eigenvalue weighted by Gasteiger charge is -2.11. The van der Waals surface area contributed by atoms with E-state index in [4.69, 9.17) is 0 Å². The molecule has 20 heavy (non-hydrogen) atoms. The van der Waals surface area contributed by atoms with E-state index in [1.54, 1.807) is 6.07 Å². The average molecular weight is 265 g/mol. The first-order chi connectivity index (χ1) is 9.74. The molecule has 1 heterocycles. The maximum absolute atomic E-state index is 10.1. The fourth-order valence-corrected chi connectivity index (χ4v) is 2.24. The van der Waals surface area contributed by atoms with Gasteiger partial charge in [0.05, 0.1) is 0 Å². The minimum atomic E-state index is 0.293. The van der Waals surface area contributed by atoms with E-state index < -0.39 is 0 Å². The first kappa shape index (κ1) is 12.4. The van der Waals surface area contributed by atoms with Crippen LogP contribution in [0.1, 0.15) is 11.3 Å². The molecule has 4 heteroatoms. The number of phenolic OH excluding ortho intramolecular Hbond substituents is 1. The summed E-state index contributed by atoms with van der Waals surface area (Å²) in [5.74, 6) is 1.05. The molecule has 2 N–H and O–H groups in total. The number of hydrogen-bond donors (Lipinski definition) is 2. The molecule has 0 radical (unpaired) electrons. The number of nitrogens with one attached hydrogen (secondary N) is 1. The molecular weight excluding hydrogens is 250 g/mol. The normalized spacial score (nSPS) is 10.7. The van der Waals surface area contributed by atoms with Gasteiger partial charge in [0.1, 0.15) is 17.9 Å². The highest BCUT2D eigenvalue weighted by molar-refractivity contribution is 5.87. The van der Waals surface area contributed by atoms with Gasteiger partial charge in [-0.15, -0.1) is 0 Å². The third kappa shape index (κ3) is 2.40. The number of aromatic hydroxyl groups is 1. The number of anilines is 1. The van der Waals surface area contributed by atoms with Crippen molar-refractivity contribution in [3.63, 3.8) is 0 Å². The maximum Gasteiger partial charge on any atom is 0.129 e. The highest BCUT2D eigenvalue weighted by Gasteiger charge is 2.06. The van der Waals surface area contributed by atoms with Gasteiger partial charge < -0.3 is 10.4 Å². The zero-order chi connectivity index (χ0) is 13.9. The monoisotopic (exact) mass is 265 g/mol. The van der Waals surface area contributed by atoms with Crippen molar-refractivity contribution in [3.05, 3.63) is 60.0 Å². The lowest BCUT2D eigenvalue weighted by atomic mass is 10.0. The van der Waals surface area contributed by atoms with Crippen LogP contribution < -0.4 is 5.32 Å². The summed E-state index contributed by atoms with van der Waals surface area (Å²) in [6, 6.07) is 13.5. The molecule has 0 saturated heterocycles. The van der Waals surface area contributed by atoms with E-state index in [-0.39, 0.29) is 0 Å². The SMILES string of the molecule is Cc1cc(NCc2c(O)ccc3ccccc23)ncn1. The Morgan fingerprint density at radius 2 is 1.95 bits per heavy atom. The van der Waals surface area contributed by atoms with E-state index in [9.17, 15) is 5.11 Å². The van der Waals surface area contributed by atoms with E-state index in [0.717, 1.165) is 27.8 Å². The molecule has 0 aliphatic heterocycles. The number of aromatic nitrogens is 2. The van der Waals surface area contributed by atoms with Crippen LogP contribution in [0.15, 0.2) is 48.8 Å². The molecule has 0 fully saturated rings. The van der Waals surface area contributed by atoms with Crippen molar-refractivity contribution in [2.24, 2.45) is 0 Å². The number of fused-ring (bicyclic) bond motifs is 1. The number of benzene rings is 2. The van der Waals surface area contributed by atoms with Gasteiger partial charge >= 0.3 is 0 Å². The van der Waals surface area contributed by atoms with Crippen molar-refractivity contribution in [2.75, 3.05) is 5.32 Å². The lowest BCUT2D eigenvalue weighted by molar-refractivity contribution is 0.470. The molecular formula is C16H15N3O. The molecule has 2 aromatic carbocycles. The quantitative estimate of drug-likeness (QED) is 0.763. The fourth-order valence-electron chi connectivity index (χ4n) is 2.24. The number of phenols is 1. The average Bonchev–Trinajstić information content (AvgIpc) is 2.46. The summed E-state index contributed by atoms with van der Waals surface area (Å²) in [5.41, 5.74) is 1.78. The Bertz CT molecular complexity index is 756. The molecule has 0 unspecified atom stereocenters. The fraction of sp³-hybridized carbons (Fsp3) is 0.125. The molecule has 0 aliphatic carbocycles. The van der Waals surface area contributed by atoms with Crippen LogP contribution in [0.2, 0.25) is 0 Å². The molecule has 1 aromatic heterocycles. The van der Waals surface area contributed by atoms with Crippen LogP contribution in [0.5, 0.6) is 5.75 Å². The van der Waals surface area contributed by atoms with E-state index in [1.165, 1.54) is 6.33 Å². The summed E-state index contributed by atoms with van der Waals surface area (Å²) in [6.45, 7) is 2.44. The van der Waals surface area contributed by atoms with Gasteiger partial charge in [-0.3, -0.25) is 0 Å². The van der Waals surface area contributed by atoms with Gasteiger partial charge in [-0.05, 0) is 23.8 Å². The summed E-state index contributed by atoms with van der Waals surface area (Å²) in [5, 5.41) is 15.5. The third-order valence-corrected chi connectivity index (χ3v) is 3.27. The van der Waals surface area contributed by atoms with Gasteiger partial charge in [0.15, 0.2) is 0 Å². The van der Waals surface area contributed by atoms with Crippen LogP contribution >= 0.6 is 0 Å². The molecule has 3 rings (SSSR count). The zero-order valence-electron chi connectivity index (χ0n) is 11.2. The Kier molecular flexibility index (Phi) is 3.21. The molecule has 0 bridgehead atoms. The van der Waals surface area contributed by atoms with Crippen molar-refractivity contribution in [3.8, 4) is 5.75 Å². The van der Waals surface area contributed by atoms with E-state index in [0.29, 0.717) is 12.3 Å². The van der Waals surface area contributed by atoms with Crippen LogP contribution in [0.3, 0.4) is 0 Å². The van der Waals surface area contributed by atoms with E-state index in [1.807, 2.05) is 43.3 Å². The molecule has 4 nitrogen and oxygen atoms in total. The highest BCUT2D eigenvalue weighted by atomic mass is 16.3. The summed E-state index contributed by atoms with van der Waals surface area (Å²) in [4.78, 5) is 8.22. The zero-order valence-corrected chi connectivity index (χ0v) is 11.2. The van der Waals surface area contributed by atoms with Gasteiger partial charge in [-0.2, -0.15) is 0 Å². The van der Waals surface area contributed by atoms with Gasteiger partial charge in [0.2, 0.25) is 0 Å². The molecule has 3 aromatic rings. The molecule has 0 aliphatic rings. The van der Waals surface area contributed by atoms with Crippen molar-refractivity contribution in [2.45, 2.75) is 13.5 Å². The van der Waals surface area contributed by atoms with Gasteiger partial charge in [-0.25, -0.2) is 9.97 Å². The first-order valence-electron chi connectivity index (χ1n) is 6.46. The summed E-state index contributed by atoms with van der Waals surface area (Å²) >= 11 is 0. The Morgan fingerprint density at radius 3 is 2.80 bits per heavy atom. The predicted molar refractivity (Wildman–Crippen MR) is 79.7 cm³/mol. The number of rotatable bonds is 3. The standard InChI is InChI=1S/C16H15N3O/c1-11-8-16(19-10-18-11)17-9-14-13-5-3-2-4-12(13)6-7-15(14)20/h2-8,10,20H,9H2,1H3,(H,17,18,19). The minimum absolute atomic E-state index is 0.293. The Morgan fingerprint density at radius 1 is 1.10 bits per heavy atom. The van der Waals surface area contributed by atoms with Crippen molar-refractivity contribution in [1.29, 1.82) is 0 Å². The molecule has 0 spiro atoms. The smallest absolute Gasteiger partial charge is 0.129 e. The second kappa shape index (κ2) is 5.17. The Hall–Kier alpha value is -2.62. The molecule has 0 atom stereocenters. The number of hydrogen-bond acceptors (Lipinski definition) is 4. The van der Waals surface area contributed by atoms with Crippen LogP contribution in [-0.4, -0.2) is 15.1 Å². The number of nitrogens with zero attached hydrogens (tertiary/aromatic N) is 2. The second-order valence-corrected chi connectivity index (χ2v) is 4.68. The third-order valence-electron chi connectivity index (χ3n) is 3.27. The molecule has 0 amide bonds. The van der Waals surface area contributed by atoms with Crippen molar-refractivity contribution in [1.82, 2.24) is 9.97 Å². The summed E-state index contributed by atoms with van der Waals surface area (Å²) < 4.78 is 0. The van der Waals surface area contributed by atoms with Crippen LogP contribution in [0, 0.1) is 6.92 Å². The summed E-state index contributed by atoms with van der Waals surface area (Å²) in [6.07, 6.45) is 1.53. The molecule has 100 valence electrons. The van der Waals surface area contributed by atoms with Crippen LogP contribution in [-0.2, 0) is 6.54 Å². The lowest BCUT2D eigenvalue weighted by Crippen LogP contribution is -2.03. The van der Waals surface area contributed by atoms with Crippen LogP contribution in [0.25, 0.3) is 10.8 Å². The Balaban J connectivity index is 1.92. The highest BCUT2D eigenvalue weighted by Crippen LogP contribution is 2.27. The largest absolute Gasteiger partial charge is 0.508 e. The van der Waals surface area contributed by atoms with Crippen molar-refractivity contribution >= 4 is 16.6 Å². The predicted octanol–water partition coefficient (Wildman–Crippen LogP) is 3.26. The number of aryl methyl sites for hydroxylation is 1. The van der Waals surface area contributed by atoms with Crippen LogP contribution in [0.4, 0.5) is 5.82 Å². The van der Waals surface area contributed by atoms with Gasteiger partial charge in [0.25, 0.3) is 0 Å². The second-order valence-electron chi connectivity index (χ2n) is 4.68. The topological polar surface area (TPSA) is 58.0 Å². The van der Waals surface area contributed by atoms with E-state index >= 15 is 0 Å². The van der Waals surface area contributed by atoms with Crippen molar-refractivity contribution < 1.29 is 5.11 Å². The minimum Gasteiger partial charge on any atom is -0.508 e.